The molecule has 0 amide bonds. The number of hydrogen-bond acceptors (Lipinski definition) is 3. The summed E-state index contributed by atoms with van der Waals surface area (Å²) in [5.74, 6) is -0.312. The summed E-state index contributed by atoms with van der Waals surface area (Å²) >= 11 is 0. The minimum Gasteiger partial charge on any atom is -0.370 e. The van der Waals surface area contributed by atoms with Gasteiger partial charge in [-0.1, -0.05) is 18.2 Å². The molecule has 1 aromatic carbocycles. The van der Waals surface area contributed by atoms with Crippen molar-refractivity contribution in [3.8, 4) is 0 Å². The van der Waals surface area contributed by atoms with Gasteiger partial charge in [0.1, 0.15) is 5.82 Å². The van der Waals surface area contributed by atoms with Crippen molar-refractivity contribution in [2.45, 2.75) is 13.1 Å². The zero-order chi connectivity index (χ0) is 13.0. The van der Waals surface area contributed by atoms with Crippen LogP contribution in [0.3, 0.4) is 0 Å². The second kappa shape index (κ2) is 5.60. The van der Waals surface area contributed by atoms with E-state index in [1.165, 1.54) is 12.3 Å². The molecule has 4 heteroatoms. The maximum atomic E-state index is 13.1. The predicted octanol–water partition coefficient (Wildman–Crippen LogP) is 2.32. The van der Waals surface area contributed by atoms with Crippen LogP contribution in [0.2, 0.25) is 0 Å². The number of nitrogens with zero attached hydrogens (tertiary/aromatic N) is 2. The molecule has 0 spiro atoms. The van der Waals surface area contributed by atoms with E-state index in [1.54, 1.807) is 6.20 Å². The third-order valence-electron chi connectivity index (χ3n) is 2.80. The van der Waals surface area contributed by atoms with Crippen LogP contribution in [0.1, 0.15) is 11.1 Å². The van der Waals surface area contributed by atoms with Gasteiger partial charge in [-0.2, -0.15) is 0 Å². The topological polar surface area (TPSA) is 42.2 Å². The number of halogens is 1. The lowest BCUT2D eigenvalue weighted by Gasteiger charge is -2.22. The first-order valence-electron chi connectivity index (χ1n) is 5.79. The fourth-order valence-corrected chi connectivity index (χ4v) is 1.96. The molecule has 0 unspecified atom stereocenters. The lowest BCUT2D eigenvalue weighted by atomic mass is 10.1. The van der Waals surface area contributed by atoms with Crippen LogP contribution in [0.5, 0.6) is 0 Å². The van der Waals surface area contributed by atoms with E-state index in [1.807, 2.05) is 36.2 Å². The molecular weight excluding hydrogens is 229 g/mol. The van der Waals surface area contributed by atoms with Crippen LogP contribution >= 0.6 is 0 Å². The van der Waals surface area contributed by atoms with Crippen molar-refractivity contribution in [3.05, 3.63) is 59.7 Å². The third kappa shape index (κ3) is 2.84. The van der Waals surface area contributed by atoms with Gasteiger partial charge in [0, 0.05) is 32.0 Å². The average molecular weight is 245 g/mol. The lowest BCUT2D eigenvalue weighted by Crippen LogP contribution is -2.19. The molecule has 0 saturated heterocycles. The van der Waals surface area contributed by atoms with Crippen LogP contribution in [0, 0.1) is 5.82 Å². The van der Waals surface area contributed by atoms with Crippen molar-refractivity contribution in [1.29, 1.82) is 0 Å². The van der Waals surface area contributed by atoms with Crippen LogP contribution in [-0.4, -0.2) is 12.0 Å². The largest absolute Gasteiger partial charge is 0.370 e. The van der Waals surface area contributed by atoms with Gasteiger partial charge < -0.3 is 10.6 Å². The number of aromatic nitrogens is 1. The zero-order valence-corrected chi connectivity index (χ0v) is 10.3. The van der Waals surface area contributed by atoms with Gasteiger partial charge in [0.2, 0.25) is 0 Å². The molecule has 1 heterocycles. The minimum absolute atomic E-state index is 0.312. The van der Waals surface area contributed by atoms with E-state index < -0.39 is 0 Å². The molecule has 0 atom stereocenters. The number of rotatable bonds is 4. The first-order valence-corrected chi connectivity index (χ1v) is 5.79. The van der Waals surface area contributed by atoms with E-state index in [-0.39, 0.29) is 5.82 Å². The summed E-state index contributed by atoms with van der Waals surface area (Å²) in [5, 5.41) is 0. The van der Waals surface area contributed by atoms with Crippen LogP contribution in [0.4, 0.5) is 10.1 Å². The Hall–Kier alpha value is -1.94. The van der Waals surface area contributed by atoms with Gasteiger partial charge in [0.05, 0.1) is 6.20 Å². The summed E-state index contributed by atoms with van der Waals surface area (Å²) in [5.41, 5.74) is 8.68. The minimum atomic E-state index is -0.312. The van der Waals surface area contributed by atoms with Crippen molar-refractivity contribution in [2.24, 2.45) is 5.73 Å². The highest BCUT2D eigenvalue weighted by molar-refractivity contribution is 5.53. The molecule has 0 aliphatic rings. The van der Waals surface area contributed by atoms with Crippen LogP contribution in [-0.2, 0) is 13.1 Å². The fraction of sp³-hybridized carbons (Fsp3) is 0.214. The van der Waals surface area contributed by atoms with Crippen LogP contribution < -0.4 is 10.6 Å². The second-order valence-corrected chi connectivity index (χ2v) is 4.20. The standard InChI is InChI=1S/C14H16FN3/c1-18(10-11-6-13(15)9-17-8-11)14-5-3-2-4-12(14)7-16/h2-6,8-9H,7,10,16H2,1H3. The highest BCUT2D eigenvalue weighted by Gasteiger charge is 2.07. The van der Waals surface area contributed by atoms with Gasteiger partial charge in [-0.25, -0.2) is 4.39 Å². The first-order chi connectivity index (χ1) is 8.70. The molecule has 3 nitrogen and oxygen atoms in total. The van der Waals surface area contributed by atoms with E-state index in [2.05, 4.69) is 4.98 Å². The van der Waals surface area contributed by atoms with Gasteiger partial charge in [-0.15, -0.1) is 0 Å². The fourth-order valence-electron chi connectivity index (χ4n) is 1.96. The average Bonchev–Trinajstić information content (AvgIpc) is 2.38. The van der Waals surface area contributed by atoms with Crippen LogP contribution in [0.15, 0.2) is 42.7 Å². The molecular formula is C14H16FN3. The van der Waals surface area contributed by atoms with E-state index in [9.17, 15) is 4.39 Å². The normalized spacial score (nSPS) is 10.4. The Labute approximate surface area is 106 Å². The smallest absolute Gasteiger partial charge is 0.141 e. The number of pyridine rings is 1. The third-order valence-corrected chi connectivity index (χ3v) is 2.80. The summed E-state index contributed by atoms with van der Waals surface area (Å²) in [4.78, 5) is 5.89. The van der Waals surface area contributed by atoms with E-state index >= 15 is 0 Å². The number of hydrogen-bond donors (Lipinski definition) is 1. The Bertz CT molecular complexity index is 528. The zero-order valence-electron chi connectivity index (χ0n) is 10.3. The van der Waals surface area contributed by atoms with Gasteiger partial charge in [-0.3, -0.25) is 4.98 Å². The van der Waals surface area contributed by atoms with Gasteiger partial charge in [0.25, 0.3) is 0 Å². The molecule has 0 fully saturated rings. The molecule has 0 bridgehead atoms. The summed E-state index contributed by atoms with van der Waals surface area (Å²) in [6.45, 7) is 1.09. The number of anilines is 1. The van der Waals surface area contributed by atoms with Gasteiger partial charge in [0.15, 0.2) is 0 Å². The number of nitrogens with two attached hydrogens (primary N) is 1. The molecule has 2 aromatic rings. The van der Waals surface area contributed by atoms with Gasteiger partial charge >= 0.3 is 0 Å². The van der Waals surface area contributed by atoms with Crippen molar-refractivity contribution < 1.29 is 4.39 Å². The summed E-state index contributed by atoms with van der Waals surface area (Å²) in [6, 6.07) is 9.43. The Kier molecular flexibility index (Phi) is 3.89. The van der Waals surface area contributed by atoms with Crippen LogP contribution in [0.25, 0.3) is 0 Å². The maximum Gasteiger partial charge on any atom is 0.141 e. The lowest BCUT2D eigenvalue weighted by molar-refractivity contribution is 0.618. The Morgan fingerprint density at radius 2 is 2.06 bits per heavy atom. The van der Waals surface area contributed by atoms with E-state index in [4.69, 9.17) is 5.73 Å². The maximum absolute atomic E-state index is 13.1. The molecule has 2 rings (SSSR count). The molecule has 18 heavy (non-hydrogen) atoms. The Morgan fingerprint density at radius 3 is 2.78 bits per heavy atom. The summed E-state index contributed by atoms with van der Waals surface area (Å²) < 4.78 is 13.1. The molecule has 2 N–H and O–H groups in total. The summed E-state index contributed by atoms with van der Waals surface area (Å²) in [6.07, 6.45) is 2.88. The first kappa shape index (κ1) is 12.5. The molecule has 0 radical (unpaired) electrons. The predicted molar refractivity (Wildman–Crippen MR) is 70.6 cm³/mol. The Morgan fingerprint density at radius 1 is 1.28 bits per heavy atom. The number of para-hydroxylation sites is 1. The highest BCUT2D eigenvalue weighted by Crippen LogP contribution is 2.20. The molecule has 94 valence electrons. The monoisotopic (exact) mass is 245 g/mol. The Balaban J connectivity index is 2.19. The van der Waals surface area contributed by atoms with Crippen molar-refractivity contribution in [1.82, 2.24) is 4.98 Å². The summed E-state index contributed by atoms with van der Waals surface area (Å²) in [7, 11) is 1.96. The molecule has 0 saturated carbocycles. The van der Waals surface area contributed by atoms with Gasteiger partial charge in [-0.05, 0) is 23.3 Å². The molecule has 0 aliphatic carbocycles. The molecule has 1 aromatic heterocycles. The molecule has 0 aliphatic heterocycles. The highest BCUT2D eigenvalue weighted by atomic mass is 19.1. The second-order valence-electron chi connectivity index (χ2n) is 4.20. The quantitative estimate of drug-likeness (QED) is 0.898. The SMILES string of the molecule is CN(Cc1cncc(F)c1)c1ccccc1CN. The van der Waals surface area contributed by atoms with E-state index in [0.717, 1.165) is 16.8 Å². The van der Waals surface area contributed by atoms with Crippen molar-refractivity contribution in [2.75, 3.05) is 11.9 Å². The number of benzene rings is 1. The van der Waals surface area contributed by atoms with E-state index in [0.29, 0.717) is 13.1 Å². The van der Waals surface area contributed by atoms with Crippen molar-refractivity contribution in [3.63, 3.8) is 0 Å². The van der Waals surface area contributed by atoms with Crippen molar-refractivity contribution >= 4 is 5.69 Å².